The van der Waals surface area contributed by atoms with Crippen molar-refractivity contribution in [3.8, 4) is 0 Å². The zero-order valence-corrected chi connectivity index (χ0v) is 15.3. The summed E-state index contributed by atoms with van der Waals surface area (Å²) in [4.78, 5) is 6.93. The van der Waals surface area contributed by atoms with Crippen molar-refractivity contribution in [3.63, 3.8) is 0 Å². The molecule has 0 aromatic carbocycles. The molecule has 1 fully saturated rings. The lowest BCUT2D eigenvalue weighted by Crippen LogP contribution is -2.50. The van der Waals surface area contributed by atoms with Gasteiger partial charge in [-0.05, 0) is 46.6 Å². The summed E-state index contributed by atoms with van der Waals surface area (Å²) in [5.41, 5.74) is 0.171. The first kappa shape index (κ1) is 19.2. The average Bonchev–Trinajstić information content (AvgIpc) is 2.48. The Balaban J connectivity index is 2.19. The van der Waals surface area contributed by atoms with Crippen LogP contribution in [0, 0.1) is 0 Å². The highest BCUT2D eigenvalue weighted by molar-refractivity contribution is 5.79. The molecular formula is C17H37N5. The zero-order valence-electron chi connectivity index (χ0n) is 15.3. The van der Waals surface area contributed by atoms with Crippen molar-refractivity contribution in [2.45, 2.75) is 65.0 Å². The lowest BCUT2D eigenvalue weighted by atomic mass is 10.0. The van der Waals surface area contributed by atoms with E-state index in [4.69, 9.17) is 0 Å². The average molecular weight is 312 g/mol. The van der Waals surface area contributed by atoms with Crippen molar-refractivity contribution >= 4 is 5.96 Å². The van der Waals surface area contributed by atoms with Crippen LogP contribution < -0.4 is 16.0 Å². The second-order valence-electron chi connectivity index (χ2n) is 7.29. The topological polar surface area (TPSA) is 51.7 Å². The molecule has 1 saturated heterocycles. The quantitative estimate of drug-likeness (QED) is 0.381. The Morgan fingerprint density at radius 1 is 1.18 bits per heavy atom. The fraction of sp³-hybridized carbons (Fsp3) is 0.941. The lowest BCUT2D eigenvalue weighted by Gasteiger charge is -2.33. The summed E-state index contributed by atoms with van der Waals surface area (Å²) >= 11 is 0. The van der Waals surface area contributed by atoms with E-state index in [1.54, 1.807) is 0 Å². The van der Waals surface area contributed by atoms with Crippen LogP contribution in [0.4, 0.5) is 0 Å². The SMILES string of the molecule is CCCCN1CCC(NC(=NC)NCCNC(C)(C)C)CC1. The van der Waals surface area contributed by atoms with Gasteiger partial charge in [0.2, 0.25) is 0 Å². The number of likely N-dealkylation sites (tertiary alicyclic amines) is 1. The Hall–Kier alpha value is -0.810. The van der Waals surface area contributed by atoms with Gasteiger partial charge in [0.25, 0.3) is 0 Å². The molecule has 1 aliphatic heterocycles. The third-order valence-corrected chi connectivity index (χ3v) is 4.05. The van der Waals surface area contributed by atoms with Gasteiger partial charge in [-0.15, -0.1) is 0 Å². The first-order valence-electron chi connectivity index (χ1n) is 8.89. The predicted octanol–water partition coefficient (Wildman–Crippen LogP) is 1.80. The molecular weight excluding hydrogens is 274 g/mol. The molecule has 3 N–H and O–H groups in total. The molecule has 5 heteroatoms. The van der Waals surface area contributed by atoms with E-state index in [1.165, 1.54) is 45.3 Å². The predicted molar refractivity (Wildman–Crippen MR) is 96.6 cm³/mol. The van der Waals surface area contributed by atoms with Crippen LogP contribution in [0.3, 0.4) is 0 Å². The van der Waals surface area contributed by atoms with Gasteiger partial charge in [-0.3, -0.25) is 4.99 Å². The summed E-state index contributed by atoms with van der Waals surface area (Å²) in [6, 6.07) is 0.555. The molecule has 1 heterocycles. The van der Waals surface area contributed by atoms with Crippen LogP contribution in [0.5, 0.6) is 0 Å². The van der Waals surface area contributed by atoms with E-state index in [-0.39, 0.29) is 5.54 Å². The second kappa shape index (κ2) is 10.1. The van der Waals surface area contributed by atoms with E-state index < -0.39 is 0 Å². The Bertz CT molecular complexity index is 314. The number of hydrogen-bond acceptors (Lipinski definition) is 3. The molecule has 5 nitrogen and oxygen atoms in total. The van der Waals surface area contributed by atoms with Crippen molar-refractivity contribution in [1.29, 1.82) is 0 Å². The smallest absolute Gasteiger partial charge is 0.191 e. The second-order valence-corrected chi connectivity index (χ2v) is 7.29. The fourth-order valence-electron chi connectivity index (χ4n) is 2.69. The molecule has 0 radical (unpaired) electrons. The molecule has 0 spiro atoms. The van der Waals surface area contributed by atoms with Gasteiger partial charge in [0.1, 0.15) is 0 Å². The highest BCUT2D eigenvalue weighted by Crippen LogP contribution is 2.10. The summed E-state index contributed by atoms with van der Waals surface area (Å²) in [5.74, 6) is 0.933. The van der Waals surface area contributed by atoms with Crippen molar-refractivity contribution in [1.82, 2.24) is 20.9 Å². The molecule has 0 atom stereocenters. The maximum atomic E-state index is 4.34. The molecule has 0 aromatic heterocycles. The van der Waals surface area contributed by atoms with Crippen LogP contribution in [0.15, 0.2) is 4.99 Å². The molecule has 22 heavy (non-hydrogen) atoms. The Kier molecular flexibility index (Phi) is 8.79. The normalized spacial score (nSPS) is 18.5. The van der Waals surface area contributed by atoms with E-state index in [1.807, 2.05) is 7.05 Å². The van der Waals surface area contributed by atoms with Crippen LogP contribution in [0.2, 0.25) is 0 Å². The molecule has 0 saturated carbocycles. The highest BCUT2D eigenvalue weighted by atomic mass is 15.2. The summed E-state index contributed by atoms with van der Waals surface area (Å²) in [7, 11) is 1.85. The standard InChI is InChI=1S/C17H37N5/c1-6-7-12-22-13-8-15(9-14-22)21-16(18-5)19-10-11-20-17(2,3)4/h15,20H,6-14H2,1-5H3,(H2,18,19,21). The monoisotopic (exact) mass is 311 g/mol. The highest BCUT2D eigenvalue weighted by Gasteiger charge is 2.19. The van der Waals surface area contributed by atoms with Crippen LogP contribution in [-0.4, -0.2) is 62.2 Å². The third kappa shape index (κ3) is 8.59. The zero-order chi connectivity index (χ0) is 16.4. The Morgan fingerprint density at radius 3 is 2.41 bits per heavy atom. The maximum Gasteiger partial charge on any atom is 0.191 e. The summed E-state index contributed by atoms with van der Waals surface area (Å²) < 4.78 is 0. The van der Waals surface area contributed by atoms with E-state index in [2.05, 4.69) is 53.5 Å². The number of unbranched alkanes of at least 4 members (excludes halogenated alkanes) is 1. The number of aliphatic imine (C=N–C) groups is 1. The molecule has 0 bridgehead atoms. The van der Waals surface area contributed by atoms with E-state index in [0.717, 1.165) is 19.0 Å². The maximum absolute atomic E-state index is 4.34. The number of guanidine groups is 1. The largest absolute Gasteiger partial charge is 0.355 e. The minimum atomic E-state index is 0.171. The molecule has 0 amide bonds. The van der Waals surface area contributed by atoms with Gasteiger partial charge in [-0.2, -0.15) is 0 Å². The Labute approximate surface area is 137 Å². The van der Waals surface area contributed by atoms with Gasteiger partial charge >= 0.3 is 0 Å². The number of hydrogen-bond donors (Lipinski definition) is 3. The van der Waals surface area contributed by atoms with Crippen molar-refractivity contribution < 1.29 is 0 Å². The van der Waals surface area contributed by atoms with Crippen molar-refractivity contribution in [2.75, 3.05) is 39.8 Å². The van der Waals surface area contributed by atoms with Crippen LogP contribution >= 0.6 is 0 Å². The molecule has 1 aliphatic rings. The number of nitrogens with zero attached hydrogens (tertiary/aromatic N) is 2. The number of piperidine rings is 1. The number of rotatable bonds is 7. The fourth-order valence-corrected chi connectivity index (χ4v) is 2.69. The molecule has 1 rings (SSSR count). The van der Waals surface area contributed by atoms with Crippen molar-refractivity contribution in [2.24, 2.45) is 4.99 Å². The van der Waals surface area contributed by atoms with Crippen LogP contribution in [-0.2, 0) is 0 Å². The molecule has 0 aromatic rings. The molecule has 130 valence electrons. The summed E-state index contributed by atoms with van der Waals surface area (Å²) in [5, 5.41) is 10.4. The van der Waals surface area contributed by atoms with Gasteiger partial charge in [0, 0.05) is 44.8 Å². The number of nitrogens with one attached hydrogen (secondary N) is 3. The van der Waals surface area contributed by atoms with Crippen molar-refractivity contribution in [3.05, 3.63) is 0 Å². The van der Waals surface area contributed by atoms with E-state index >= 15 is 0 Å². The van der Waals surface area contributed by atoms with E-state index in [9.17, 15) is 0 Å². The van der Waals surface area contributed by atoms with Gasteiger partial charge in [0.15, 0.2) is 5.96 Å². The van der Waals surface area contributed by atoms with E-state index in [0.29, 0.717) is 6.04 Å². The minimum Gasteiger partial charge on any atom is -0.355 e. The van der Waals surface area contributed by atoms with Crippen LogP contribution in [0.25, 0.3) is 0 Å². The summed E-state index contributed by atoms with van der Waals surface area (Å²) in [6.07, 6.45) is 5.04. The minimum absolute atomic E-state index is 0.171. The van der Waals surface area contributed by atoms with Gasteiger partial charge in [-0.1, -0.05) is 13.3 Å². The molecule has 0 unspecified atom stereocenters. The van der Waals surface area contributed by atoms with Gasteiger partial charge in [-0.25, -0.2) is 0 Å². The molecule has 0 aliphatic carbocycles. The summed E-state index contributed by atoms with van der Waals surface area (Å²) in [6.45, 7) is 14.3. The lowest BCUT2D eigenvalue weighted by molar-refractivity contribution is 0.203. The first-order chi connectivity index (χ1) is 10.4. The van der Waals surface area contributed by atoms with Crippen LogP contribution in [0.1, 0.15) is 53.4 Å². The third-order valence-electron chi connectivity index (χ3n) is 4.05. The Morgan fingerprint density at radius 2 is 1.86 bits per heavy atom. The first-order valence-corrected chi connectivity index (χ1v) is 8.89. The van der Waals surface area contributed by atoms with Gasteiger partial charge < -0.3 is 20.9 Å². The van der Waals surface area contributed by atoms with Gasteiger partial charge in [0.05, 0.1) is 0 Å².